The molecule has 0 fully saturated rings. The Hall–Kier alpha value is -4.04. The van der Waals surface area contributed by atoms with E-state index in [1.54, 1.807) is 34.7 Å². The number of halogens is 1. The van der Waals surface area contributed by atoms with Crippen LogP contribution in [-0.2, 0) is 11.3 Å². The number of nitrogens with zero attached hydrogens (tertiary/aromatic N) is 2. The average molecular weight is 459 g/mol. The molecule has 1 atom stereocenters. The molecule has 1 aromatic heterocycles. The maximum Gasteiger partial charge on any atom is 0.255 e. The highest BCUT2D eigenvalue weighted by molar-refractivity contribution is 7.13. The third-order valence-corrected chi connectivity index (χ3v) is 6.08. The van der Waals surface area contributed by atoms with Crippen molar-refractivity contribution in [1.82, 2.24) is 9.88 Å². The zero-order chi connectivity index (χ0) is 22.8. The summed E-state index contributed by atoms with van der Waals surface area (Å²) in [7, 11) is 0. The van der Waals surface area contributed by atoms with Crippen LogP contribution in [-0.4, -0.2) is 21.7 Å². The molecule has 0 bridgehead atoms. The number of rotatable bonds is 6. The number of benzene rings is 3. The highest BCUT2D eigenvalue weighted by atomic mass is 32.1. The first-order valence-corrected chi connectivity index (χ1v) is 11.2. The van der Waals surface area contributed by atoms with Crippen LogP contribution in [0.15, 0.2) is 84.4 Å². The summed E-state index contributed by atoms with van der Waals surface area (Å²) in [6, 6.07) is 20.0. The molecule has 1 aliphatic heterocycles. The molecule has 2 amide bonds. The molecule has 2 heterocycles. The van der Waals surface area contributed by atoms with Gasteiger partial charge in [-0.05, 0) is 41.5 Å². The third-order valence-electron chi connectivity index (χ3n) is 5.39. The van der Waals surface area contributed by atoms with Crippen LogP contribution in [0.3, 0.4) is 0 Å². The average Bonchev–Trinajstić information content (AvgIpc) is 3.43. The van der Waals surface area contributed by atoms with E-state index >= 15 is 0 Å². The van der Waals surface area contributed by atoms with Gasteiger partial charge in [0.1, 0.15) is 11.9 Å². The van der Waals surface area contributed by atoms with Gasteiger partial charge >= 0.3 is 0 Å². The van der Waals surface area contributed by atoms with E-state index in [4.69, 9.17) is 0 Å². The van der Waals surface area contributed by atoms with Crippen LogP contribution in [0.4, 0.5) is 20.9 Å². The molecule has 4 aromatic rings. The zero-order valence-electron chi connectivity index (χ0n) is 17.4. The van der Waals surface area contributed by atoms with Crippen molar-refractivity contribution < 1.29 is 14.0 Å². The normalized spacial score (nSPS) is 13.5. The van der Waals surface area contributed by atoms with Gasteiger partial charge in [-0.15, -0.1) is 11.3 Å². The van der Waals surface area contributed by atoms with E-state index < -0.39 is 6.04 Å². The molecule has 8 heteroatoms. The van der Waals surface area contributed by atoms with Gasteiger partial charge in [0.05, 0.1) is 0 Å². The molecule has 0 saturated carbocycles. The van der Waals surface area contributed by atoms with Gasteiger partial charge in [-0.2, -0.15) is 0 Å². The summed E-state index contributed by atoms with van der Waals surface area (Å²) in [6.07, 6.45) is 1.61. The molecule has 2 N–H and O–H groups in total. The molecule has 0 saturated heterocycles. The van der Waals surface area contributed by atoms with Crippen molar-refractivity contribution in [2.45, 2.75) is 12.6 Å². The lowest BCUT2D eigenvalue weighted by molar-refractivity contribution is -0.120. The van der Waals surface area contributed by atoms with Crippen molar-refractivity contribution in [1.29, 1.82) is 0 Å². The van der Waals surface area contributed by atoms with Gasteiger partial charge in [0.25, 0.3) is 11.8 Å². The van der Waals surface area contributed by atoms with Gasteiger partial charge in [-0.25, -0.2) is 9.37 Å². The molecule has 3 aromatic carbocycles. The maximum absolute atomic E-state index is 13.5. The predicted octanol–water partition coefficient (Wildman–Crippen LogP) is 5.36. The lowest BCUT2D eigenvalue weighted by Gasteiger charge is -2.27. The predicted molar refractivity (Wildman–Crippen MR) is 126 cm³/mol. The van der Waals surface area contributed by atoms with Crippen molar-refractivity contribution in [2.75, 3.05) is 10.6 Å². The number of nitrogens with one attached hydrogen (secondary N) is 2. The Labute approximate surface area is 193 Å². The van der Waals surface area contributed by atoms with Crippen LogP contribution in [0.2, 0.25) is 0 Å². The molecule has 0 aliphatic carbocycles. The number of carbonyl (C=O) groups excluding carboxylic acids is 2. The minimum atomic E-state index is -0.811. The summed E-state index contributed by atoms with van der Waals surface area (Å²) in [5.41, 5.74) is 3.30. The summed E-state index contributed by atoms with van der Waals surface area (Å²) in [5, 5.41) is 8.20. The molecule has 0 spiro atoms. The van der Waals surface area contributed by atoms with Gasteiger partial charge in [-0.1, -0.05) is 42.5 Å². The van der Waals surface area contributed by atoms with E-state index in [0.29, 0.717) is 34.2 Å². The minimum absolute atomic E-state index is 0.240. The second-order valence-electron chi connectivity index (χ2n) is 7.58. The first-order valence-electron chi connectivity index (χ1n) is 10.3. The Morgan fingerprint density at radius 1 is 1.03 bits per heavy atom. The van der Waals surface area contributed by atoms with Crippen molar-refractivity contribution in [3.8, 4) is 0 Å². The summed E-state index contributed by atoms with van der Waals surface area (Å²) < 4.78 is 13.5. The quantitative estimate of drug-likeness (QED) is 0.408. The smallest absolute Gasteiger partial charge is 0.255 e. The summed E-state index contributed by atoms with van der Waals surface area (Å²) >= 11 is 1.32. The summed E-state index contributed by atoms with van der Waals surface area (Å²) in [6.45, 7) is 0.305. The van der Waals surface area contributed by atoms with Gasteiger partial charge in [0.15, 0.2) is 5.13 Å². The molecular formula is C25H19FN4O2S. The number of amides is 2. The Bertz CT molecular complexity index is 1310. The zero-order valence-corrected chi connectivity index (χ0v) is 18.2. The Balaban J connectivity index is 1.43. The highest BCUT2D eigenvalue weighted by Gasteiger charge is 2.37. The van der Waals surface area contributed by atoms with Gasteiger partial charge < -0.3 is 10.2 Å². The van der Waals surface area contributed by atoms with Crippen molar-refractivity contribution in [3.63, 3.8) is 0 Å². The monoisotopic (exact) mass is 458 g/mol. The SMILES string of the molecule is O=C(Nc1nccs1)C(c1ccccc1)N1Cc2ccc(Nc3cccc(F)c3)cc2C1=O. The maximum atomic E-state index is 13.5. The molecule has 164 valence electrons. The van der Waals surface area contributed by atoms with E-state index in [1.807, 2.05) is 42.5 Å². The van der Waals surface area contributed by atoms with E-state index in [0.717, 1.165) is 5.56 Å². The van der Waals surface area contributed by atoms with Crippen LogP contribution >= 0.6 is 11.3 Å². The van der Waals surface area contributed by atoms with Crippen molar-refractivity contribution in [3.05, 3.63) is 107 Å². The number of fused-ring (bicyclic) bond motifs is 1. The number of anilines is 3. The number of hydrogen-bond acceptors (Lipinski definition) is 5. The van der Waals surface area contributed by atoms with Crippen LogP contribution in [0.5, 0.6) is 0 Å². The Morgan fingerprint density at radius 2 is 1.85 bits per heavy atom. The standard InChI is InChI=1S/C25H19FN4O2S/c26-18-7-4-8-19(13-18)28-20-10-9-17-15-30(24(32)21(17)14-20)22(16-5-2-1-3-6-16)23(31)29-25-27-11-12-33-25/h1-14,22,28H,15H2,(H,27,29,31). The number of carbonyl (C=O) groups is 2. The van der Waals surface area contributed by atoms with E-state index in [2.05, 4.69) is 15.6 Å². The highest BCUT2D eigenvalue weighted by Crippen LogP contribution is 2.34. The molecule has 6 nitrogen and oxygen atoms in total. The lowest BCUT2D eigenvalue weighted by Crippen LogP contribution is -2.37. The van der Waals surface area contributed by atoms with Crippen LogP contribution in [0, 0.1) is 5.82 Å². The van der Waals surface area contributed by atoms with E-state index in [-0.39, 0.29) is 17.6 Å². The molecule has 0 radical (unpaired) electrons. The second-order valence-corrected chi connectivity index (χ2v) is 8.47. The molecular weight excluding hydrogens is 439 g/mol. The second kappa shape index (κ2) is 8.84. The molecule has 5 rings (SSSR count). The number of aromatic nitrogens is 1. The first-order chi connectivity index (χ1) is 16.1. The lowest BCUT2D eigenvalue weighted by atomic mass is 10.0. The van der Waals surface area contributed by atoms with Gasteiger partial charge in [0, 0.05) is 35.1 Å². The van der Waals surface area contributed by atoms with Gasteiger partial charge in [0.2, 0.25) is 0 Å². The van der Waals surface area contributed by atoms with Crippen LogP contribution in [0.25, 0.3) is 0 Å². The van der Waals surface area contributed by atoms with E-state index in [1.165, 1.54) is 23.5 Å². The third kappa shape index (κ3) is 4.33. The molecule has 1 unspecified atom stereocenters. The van der Waals surface area contributed by atoms with Crippen molar-refractivity contribution >= 4 is 39.7 Å². The fraction of sp³-hybridized carbons (Fsp3) is 0.0800. The minimum Gasteiger partial charge on any atom is -0.355 e. The van der Waals surface area contributed by atoms with Crippen molar-refractivity contribution in [2.24, 2.45) is 0 Å². The number of hydrogen-bond donors (Lipinski definition) is 2. The molecule has 33 heavy (non-hydrogen) atoms. The Kier molecular flexibility index (Phi) is 5.58. The molecule has 1 aliphatic rings. The summed E-state index contributed by atoms with van der Waals surface area (Å²) in [5.74, 6) is -0.910. The van der Waals surface area contributed by atoms with E-state index in [9.17, 15) is 14.0 Å². The first kappa shape index (κ1) is 20.8. The van der Waals surface area contributed by atoms with Gasteiger partial charge in [-0.3, -0.25) is 14.9 Å². The van der Waals surface area contributed by atoms with Crippen LogP contribution < -0.4 is 10.6 Å². The fourth-order valence-corrected chi connectivity index (χ4v) is 4.44. The largest absolute Gasteiger partial charge is 0.355 e. The number of thiazole rings is 1. The Morgan fingerprint density at radius 3 is 2.61 bits per heavy atom. The van der Waals surface area contributed by atoms with Crippen LogP contribution in [0.1, 0.15) is 27.5 Å². The topological polar surface area (TPSA) is 74.3 Å². The summed E-state index contributed by atoms with van der Waals surface area (Å²) in [4.78, 5) is 32.4. The fourth-order valence-electron chi connectivity index (χ4n) is 3.91.